The average molecular weight is 354 g/mol. The first-order valence-corrected chi connectivity index (χ1v) is 9.25. The second-order valence-corrected chi connectivity index (χ2v) is 6.79. The lowest BCUT2D eigenvalue weighted by atomic mass is 9.89. The highest BCUT2D eigenvalue weighted by Crippen LogP contribution is 2.32. The minimum atomic E-state index is -0.599. The van der Waals surface area contributed by atoms with Gasteiger partial charge in [-0.15, -0.1) is 0 Å². The second kappa shape index (κ2) is 9.54. The molecule has 1 aliphatic rings. The van der Waals surface area contributed by atoms with Gasteiger partial charge in [-0.3, -0.25) is 4.90 Å². The van der Waals surface area contributed by atoms with Crippen molar-refractivity contribution in [2.75, 3.05) is 19.7 Å². The van der Waals surface area contributed by atoms with Crippen LogP contribution in [0.3, 0.4) is 0 Å². The number of ether oxygens (including phenoxy) is 1. The van der Waals surface area contributed by atoms with E-state index in [0.29, 0.717) is 32.7 Å². The lowest BCUT2D eigenvalue weighted by Gasteiger charge is -2.28. The van der Waals surface area contributed by atoms with Crippen LogP contribution in [0.4, 0.5) is 0 Å². The number of benzene rings is 1. The van der Waals surface area contributed by atoms with Crippen LogP contribution in [0.5, 0.6) is 0 Å². The minimum Gasteiger partial charge on any atom is -0.468 e. The SMILES string of the molecule is N#CCCN(Cc1ccco1)C[C@@H](O)CO[C@H]1CCCc2ccccc21. The number of hydrogen-bond donors (Lipinski definition) is 1. The predicted octanol–water partition coefficient (Wildman–Crippen LogP) is 3.45. The van der Waals surface area contributed by atoms with Crippen LogP contribution in [0.25, 0.3) is 0 Å². The predicted molar refractivity (Wildman–Crippen MR) is 98.3 cm³/mol. The lowest BCUT2D eigenvalue weighted by molar-refractivity contribution is -0.0292. The highest BCUT2D eigenvalue weighted by Gasteiger charge is 2.22. The molecular formula is C21H26N2O3. The fourth-order valence-electron chi connectivity index (χ4n) is 3.53. The van der Waals surface area contributed by atoms with Gasteiger partial charge in [-0.1, -0.05) is 24.3 Å². The van der Waals surface area contributed by atoms with Gasteiger partial charge >= 0.3 is 0 Å². The van der Waals surface area contributed by atoms with Gasteiger partial charge in [0.15, 0.2) is 0 Å². The number of furan rings is 1. The van der Waals surface area contributed by atoms with Gasteiger partial charge < -0.3 is 14.3 Å². The van der Waals surface area contributed by atoms with E-state index < -0.39 is 6.10 Å². The van der Waals surface area contributed by atoms with Crippen molar-refractivity contribution in [2.24, 2.45) is 0 Å². The van der Waals surface area contributed by atoms with Gasteiger partial charge in [0.2, 0.25) is 0 Å². The zero-order valence-corrected chi connectivity index (χ0v) is 15.0. The molecule has 0 saturated carbocycles. The fraction of sp³-hybridized carbons (Fsp3) is 0.476. The summed E-state index contributed by atoms with van der Waals surface area (Å²) in [5.74, 6) is 0.831. The fourth-order valence-corrected chi connectivity index (χ4v) is 3.53. The van der Waals surface area contributed by atoms with Gasteiger partial charge in [0.05, 0.1) is 37.7 Å². The smallest absolute Gasteiger partial charge is 0.117 e. The molecule has 5 nitrogen and oxygen atoms in total. The zero-order chi connectivity index (χ0) is 18.2. The summed E-state index contributed by atoms with van der Waals surface area (Å²) in [4.78, 5) is 2.03. The summed E-state index contributed by atoms with van der Waals surface area (Å²) in [6, 6.07) is 14.3. The zero-order valence-electron chi connectivity index (χ0n) is 15.0. The minimum absolute atomic E-state index is 0.0623. The largest absolute Gasteiger partial charge is 0.468 e. The Hall–Kier alpha value is -2.13. The Bertz CT molecular complexity index is 708. The van der Waals surface area contributed by atoms with Gasteiger partial charge in [0.1, 0.15) is 5.76 Å². The maximum absolute atomic E-state index is 10.4. The molecule has 1 aliphatic carbocycles. The summed E-state index contributed by atoms with van der Waals surface area (Å²) >= 11 is 0. The highest BCUT2D eigenvalue weighted by molar-refractivity contribution is 5.31. The molecule has 0 spiro atoms. The van der Waals surface area contributed by atoms with E-state index in [1.165, 1.54) is 11.1 Å². The first-order chi connectivity index (χ1) is 12.8. The van der Waals surface area contributed by atoms with Crippen molar-refractivity contribution in [3.63, 3.8) is 0 Å². The number of hydrogen-bond acceptors (Lipinski definition) is 5. The molecule has 0 amide bonds. The van der Waals surface area contributed by atoms with E-state index in [2.05, 4.69) is 24.3 Å². The number of aliphatic hydroxyl groups excluding tert-OH is 1. The maximum Gasteiger partial charge on any atom is 0.117 e. The molecule has 0 unspecified atom stereocenters. The van der Waals surface area contributed by atoms with Crippen molar-refractivity contribution in [1.82, 2.24) is 4.90 Å². The Morgan fingerprint density at radius 1 is 1.31 bits per heavy atom. The van der Waals surface area contributed by atoms with E-state index in [4.69, 9.17) is 14.4 Å². The van der Waals surface area contributed by atoms with Crippen molar-refractivity contribution in [3.05, 3.63) is 59.5 Å². The van der Waals surface area contributed by atoms with Gasteiger partial charge in [0, 0.05) is 19.5 Å². The number of nitriles is 1. The van der Waals surface area contributed by atoms with E-state index in [-0.39, 0.29) is 6.10 Å². The first-order valence-electron chi connectivity index (χ1n) is 9.25. The molecule has 5 heteroatoms. The molecule has 0 fully saturated rings. The maximum atomic E-state index is 10.4. The molecule has 0 radical (unpaired) electrons. The number of nitrogens with zero attached hydrogens (tertiary/aromatic N) is 2. The van der Waals surface area contributed by atoms with E-state index >= 15 is 0 Å². The van der Waals surface area contributed by atoms with E-state index in [9.17, 15) is 5.11 Å². The third-order valence-electron chi connectivity index (χ3n) is 4.77. The highest BCUT2D eigenvalue weighted by atomic mass is 16.5. The van der Waals surface area contributed by atoms with Gasteiger partial charge in [-0.2, -0.15) is 5.26 Å². The Morgan fingerprint density at radius 2 is 2.19 bits per heavy atom. The Morgan fingerprint density at radius 3 is 3.00 bits per heavy atom. The summed E-state index contributed by atoms with van der Waals surface area (Å²) in [7, 11) is 0. The Kier molecular flexibility index (Phi) is 6.84. The molecule has 0 bridgehead atoms. The van der Waals surface area contributed by atoms with Crippen LogP contribution in [0.2, 0.25) is 0 Å². The third-order valence-corrected chi connectivity index (χ3v) is 4.77. The van der Waals surface area contributed by atoms with Crippen LogP contribution in [-0.4, -0.2) is 35.8 Å². The van der Waals surface area contributed by atoms with Crippen LogP contribution in [0.1, 0.15) is 42.3 Å². The standard InChI is InChI=1S/C21H26N2O3/c22-11-5-12-23(15-19-8-4-13-25-19)14-18(24)16-26-21-10-3-7-17-6-1-2-9-20(17)21/h1-2,4,6,8-9,13,18,21,24H,3,5,7,10,12,14-16H2/t18-,21+/m1/s1. The average Bonchev–Trinajstić information content (AvgIpc) is 3.17. The number of fused-ring (bicyclic) bond motifs is 1. The number of rotatable bonds is 9. The van der Waals surface area contributed by atoms with Crippen molar-refractivity contribution < 1.29 is 14.3 Å². The summed E-state index contributed by atoms with van der Waals surface area (Å²) in [5, 5.41) is 19.3. The molecule has 2 aromatic rings. The molecular weight excluding hydrogens is 328 g/mol. The third kappa shape index (κ3) is 5.18. The number of aliphatic hydroxyl groups is 1. The molecule has 1 aromatic carbocycles. The summed E-state index contributed by atoms with van der Waals surface area (Å²) in [6.07, 6.45) is 4.73. The van der Waals surface area contributed by atoms with Crippen molar-refractivity contribution in [3.8, 4) is 6.07 Å². The van der Waals surface area contributed by atoms with Crippen LogP contribution in [0, 0.1) is 11.3 Å². The van der Waals surface area contributed by atoms with E-state index in [1.54, 1.807) is 6.26 Å². The molecule has 2 atom stereocenters. The van der Waals surface area contributed by atoms with Gasteiger partial charge in [-0.25, -0.2) is 0 Å². The summed E-state index contributed by atoms with van der Waals surface area (Å²) < 4.78 is 11.4. The summed E-state index contributed by atoms with van der Waals surface area (Å²) in [6.45, 7) is 1.93. The molecule has 26 heavy (non-hydrogen) atoms. The van der Waals surface area contributed by atoms with Crippen LogP contribution >= 0.6 is 0 Å². The number of aryl methyl sites for hydroxylation is 1. The van der Waals surface area contributed by atoms with Crippen molar-refractivity contribution in [1.29, 1.82) is 5.26 Å². The second-order valence-electron chi connectivity index (χ2n) is 6.79. The van der Waals surface area contributed by atoms with Gasteiger partial charge in [-0.05, 0) is 42.5 Å². The molecule has 1 heterocycles. The Balaban J connectivity index is 1.52. The molecule has 138 valence electrons. The normalized spacial score (nSPS) is 17.7. The van der Waals surface area contributed by atoms with E-state index in [1.807, 2.05) is 23.1 Å². The van der Waals surface area contributed by atoms with Crippen molar-refractivity contribution >= 4 is 0 Å². The molecule has 1 aromatic heterocycles. The lowest BCUT2D eigenvalue weighted by Crippen LogP contribution is -2.35. The van der Waals surface area contributed by atoms with Crippen molar-refractivity contribution in [2.45, 2.75) is 44.4 Å². The molecule has 3 rings (SSSR count). The monoisotopic (exact) mass is 354 g/mol. The van der Waals surface area contributed by atoms with Crippen LogP contribution in [-0.2, 0) is 17.7 Å². The molecule has 0 aliphatic heterocycles. The summed E-state index contributed by atoms with van der Waals surface area (Å²) in [5.41, 5.74) is 2.61. The van der Waals surface area contributed by atoms with Crippen LogP contribution in [0.15, 0.2) is 47.1 Å². The topological polar surface area (TPSA) is 69.6 Å². The van der Waals surface area contributed by atoms with E-state index in [0.717, 1.165) is 25.0 Å². The van der Waals surface area contributed by atoms with Gasteiger partial charge in [0.25, 0.3) is 0 Å². The quantitative estimate of drug-likeness (QED) is 0.747. The molecule has 1 N–H and O–H groups in total. The molecule has 0 saturated heterocycles. The Labute approximate surface area is 154 Å². The first kappa shape index (κ1) is 18.7. The van der Waals surface area contributed by atoms with Crippen LogP contribution < -0.4 is 0 Å².